The molecule has 0 bridgehead atoms. The number of benzene rings is 1. The second-order valence-corrected chi connectivity index (χ2v) is 5.47. The molecule has 9 nitrogen and oxygen atoms in total. The number of rotatable bonds is 3. The number of nitriles is 2. The summed E-state index contributed by atoms with van der Waals surface area (Å²) in [5, 5.41) is 23.1. The molecule has 1 aliphatic heterocycles. The molecule has 1 aliphatic rings. The van der Waals surface area contributed by atoms with Crippen LogP contribution < -0.4 is 26.8 Å². The van der Waals surface area contributed by atoms with Crippen LogP contribution in [0.3, 0.4) is 0 Å². The van der Waals surface area contributed by atoms with Crippen molar-refractivity contribution < 1.29 is 17.9 Å². The molecule has 0 spiro atoms. The first-order chi connectivity index (χ1) is 13.3. The van der Waals surface area contributed by atoms with Crippen LogP contribution in [0.1, 0.15) is 22.7 Å². The number of nitrogen functional groups attached to an aromatic ring is 2. The third-order valence-electron chi connectivity index (χ3n) is 3.85. The third-order valence-corrected chi connectivity index (χ3v) is 3.85. The number of nitrogens with zero attached hydrogens (tertiary/aromatic N) is 4. The Labute approximate surface area is 156 Å². The van der Waals surface area contributed by atoms with Gasteiger partial charge in [-0.3, -0.25) is 5.32 Å². The molecule has 1 aromatic carbocycles. The number of anilines is 3. The van der Waals surface area contributed by atoms with Gasteiger partial charge in [-0.1, -0.05) is 6.07 Å². The van der Waals surface area contributed by atoms with Crippen LogP contribution in [0.5, 0.6) is 5.75 Å². The SMILES string of the molecule is N#CNC1=NC(c2ccc(OC(F)F)c(F)c2)c2c(nc(N)c(C#N)c2N)N1. The highest BCUT2D eigenvalue weighted by Gasteiger charge is 2.30. The van der Waals surface area contributed by atoms with Crippen molar-refractivity contribution in [2.45, 2.75) is 12.7 Å². The molecule has 1 atom stereocenters. The zero-order chi connectivity index (χ0) is 20.4. The van der Waals surface area contributed by atoms with Gasteiger partial charge < -0.3 is 21.5 Å². The summed E-state index contributed by atoms with van der Waals surface area (Å²) in [6.45, 7) is -3.19. The van der Waals surface area contributed by atoms with Gasteiger partial charge in [0, 0.05) is 5.56 Å². The predicted molar refractivity (Wildman–Crippen MR) is 92.5 cm³/mol. The molecule has 142 valence electrons. The van der Waals surface area contributed by atoms with Crippen LogP contribution in [-0.4, -0.2) is 17.6 Å². The number of aliphatic imine (C=N–C) groups is 1. The molecule has 0 radical (unpaired) electrons. The summed E-state index contributed by atoms with van der Waals surface area (Å²) in [6, 6.07) is 4.08. The molecule has 12 heteroatoms. The van der Waals surface area contributed by atoms with E-state index in [1.54, 1.807) is 6.19 Å². The van der Waals surface area contributed by atoms with Crippen molar-refractivity contribution in [3.05, 3.63) is 40.7 Å². The van der Waals surface area contributed by atoms with E-state index in [0.717, 1.165) is 12.1 Å². The van der Waals surface area contributed by atoms with Crippen molar-refractivity contribution in [1.82, 2.24) is 10.3 Å². The third kappa shape index (κ3) is 3.26. The molecule has 0 amide bonds. The van der Waals surface area contributed by atoms with E-state index in [9.17, 15) is 18.4 Å². The highest BCUT2D eigenvalue weighted by Crippen LogP contribution is 2.41. The maximum atomic E-state index is 14.2. The molecular formula is C16H11F3N8O. The molecule has 0 aliphatic carbocycles. The van der Waals surface area contributed by atoms with Gasteiger partial charge in [0.2, 0.25) is 5.96 Å². The van der Waals surface area contributed by atoms with E-state index in [-0.39, 0.29) is 40.0 Å². The Morgan fingerprint density at radius 3 is 2.64 bits per heavy atom. The molecule has 0 saturated heterocycles. The van der Waals surface area contributed by atoms with Crippen molar-refractivity contribution in [3.63, 3.8) is 0 Å². The second-order valence-electron chi connectivity index (χ2n) is 5.47. The van der Waals surface area contributed by atoms with Crippen molar-refractivity contribution >= 4 is 23.3 Å². The Morgan fingerprint density at radius 2 is 2.04 bits per heavy atom. The lowest BCUT2D eigenvalue weighted by Crippen LogP contribution is -2.32. The highest BCUT2D eigenvalue weighted by atomic mass is 19.3. The molecule has 1 aromatic heterocycles. The van der Waals surface area contributed by atoms with Crippen LogP contribution in [-0.2, 0) is 0 Å². The van der Waals surface area contributed by atoms with Crippen molar-refractivity contribution in [1.29, 1.82) is 10.5 Å². The smallest absolute Gasteiger partial charge is 0.387 e. The Hall–Kier alpha value is -4.19. The maximum absolute atomic E-state index is 14.2. The fraction of sp³-hybridized carbons (Fsp3) is 0.125. The number of halogens is 3. The minimum absolute atomic E-state index is 0.0238. The van der Waals surface area contributed by atoms with Gasteiger partial charge in [-0.2, -0.15) is 19.3 Å². The molecule has 6 N–H and O–H groups in total. The lowest BCUT2D eigenvalue weighted by atomic mass is 9.95. The fourth-order valence-electron chi connectivity index (χ4n) is 2.70. The molecule has 28 heavy (non-hydrogen) atoms. The van der Waals surface area contributed by atoms with Gasteiger partial charge >= 0.3 is 6.61 Å². The van der Waals surface area contributed by atoms with E-state index >= 15 is 0 Å². The van der Waals surface area contributed by atoms with Crippen LogP contribution in [0.4, 0.5) is 30.5 Å². The highest BCUT2D eigenvalue weighted by molar-refractivity contribution is 5.98. The average molecular weight is 388 g/mol. The lowest BCUT2D eigenvalue weighted by molar-refractivity contribution is -0.0522. The normalized spacial score (nSPS) is 14.9. The van der Waals surface area contributed by atoms with Crippen molar-refractivity contribution in [2.24, 2.45) is 4.99 Å². The number of aromatic nitrogens is 1. The van der Waals surface area contributed by atoms with E-state index in [4.69, 9.17) is 16.7 Å². The summed E-state index contributed by atoms with van der Waals surface area (Å²) in [6.07, 6.45) is 1.67. The molecule has 2 heterocycles. The Balaban J connectivity index is 2.16. The summed E-state index contributed by atoms with van der Waals surface area (Å²) >= 11 is 0. The van der Waals surface area contributed by atoms with Gasteiger partial charge in [-0.25, -0.2) is 14.4 Å². The van der Waals surface area contributed by atoms with E-state index in [1.807, 2.05) is 6.07 Å². The number of hydrogen-bond acceptors (Lipinski definition) is 9. The summed E-state index contributed by atoms with van der Waals surface area (Å²) in [7, 11) is 0. The Bertz CT molecular complexity index is 1060. The lowest BCUT2D eigenvalue weighted by Gasteiger charge is -2.26. The van der Waals surface area contributed by atoms with Crippen molar-refractivity contribution in [3.8, 4) is 18.0 Å². The minimum atomic E-state index is -3.19. The van der Waals surface area contributed by atoms with Crippen LogP contribution in [0.2, 0.25) is 0 Å². The zero-order valence-corrected chi connectivity index (χ0v) is 13.9. The number of fused-ring (bicyclic) bond motifs is 1. The number of nitrogens with two attached hydrogens (primary N) is 2. The van der Waals surface area contributed by atoms with E-state index in [2.05, 4.69) is 25.3 Å². The van der Waals surface area contributed by atoms with E-state index in [1.165, 1.54) is 6.07 Å². The van der Waals surface area contributed by atoms with Gasteiger partial charge in [0.1, 0.15) is 29.3 Å². The van der Waals surface area contributed by atoms with Gasteiger partial charge in [-0.15, -0.1) is 0 Å². The first-order valence-corrected chi connectivity index (χ1v) is 7.58. The first-order valence-electron chi connectivity index (χ1n) is 7.58. The first kappa shape index (κ1) is 18.6. The van der Waals surface area contributed by atoms with Crippen LogP contribution in [0.25, 0.3) is 0 Å². The topological polar surface area (TPSA) is 158 Å². The second kappa shape index (κ2) is 7.20. The fourth-order valence-corrected chi connectivity index (χ4v) is 2.70. The largest absolute Gasteiger partial charge is 0.432 e. The van der Waals surface area contributed by atoms with Crippen LogP contribution in [0, 0.1) is 28.6 Å². The predicted octanol–water partition coefficient (Wildman–Crippen LogP) is 1.80. The number of hydrogen-bond donors (Lipinski definition) is 4. The van der Waals surface area contributed by atoms with Crippen molar-refractivity contribution in [2.75, 3.05) is 16.8 Å². The molecule has 3 rings (SSSR count). The van der Waals surface area contributed by atoms with E-state index in [0.29, 0.717) is 0 Å². The van der Waals surface area contributed by atoms with Gasteiger partial charge in [-0.05, 0) is 17.7 Å². The van der Waals surface area contributed by atoms with Gasteiger partial charge in [0.25, 0.3) is 0 Å². The molecule has 0 saturated carbocycles. The monoisotopic (exact) mass is 388 g/mol. The standard InChI is InChI=1S/C16H11F3N8O/c17-8-3-6(1-2-9(8)28-15(18)19)12-10-11(22)7(4-20)13(23)26-14(10)27-16(25-12)24-5-21/h1-3,12,15H,(H6,22,23,24,25,26,27). The summed E-state index contributed by atoms with van der Waals surface area (Å²) < 4.78 is 42.9. The van der Waals surface area contributed by atoms with Crippen LogP contribution in [0.15, 0.2) is 23.2 Å². The number of guanidine groups is 1. The Morgan fingerprint density at radius 1 is 1.29 bits per heavy atom. The number of nitrogens with one attached hydrogen (secondary N) is 2. The van der Waals surface area contributed by atoms with E-state index < -0.39 is 24.2 Å². The quantitative estimate of drug-likeness (QED) is 0.458. The minimum Gasteiger partial charge on any atom is -0.432 e. The summed E-state index contributed by atoms with van der Waals surface area (Å²) in [5.41, 5.74) is 12.1. The maximum Gasteiger partial charge on any atom is 0.387 e. The number of alkyl halides is 2. The zero-order valence-electron chi connectivity index (χ0n) is 13.9. The molecule has 2 aromatic rings. The number of pyridine rings is 1. The Kier molecular flexibility index (Phi) is 4.78. The van der Waals surface area contributed by atoms with Gasteiger partial charge in [0.15, 0.2) is 17.8 Å². The molecule has 0 fully saturated rings. The average Bonchev–Trinajstić information content (AvgIpc) is 2.63. The summed E-state index contributed by atoms with van der Waals surface area (Å²) in [4.78, 5) is 8.28. The molecule has 1 unspecified atom stereocenters. The summed E-state index contributed by atoms with van der Waals surface area (Å²) in [5.74, 6) is -1.75. The molecular weight excluding hydrogens is 377 g/mol. The number of ether oxygens (including phenoxy) is 1. The van der Waals surface area contributed by atoms with Gasteiger partial charge in [0.05, 0.1) is 5.69 Å². The van der Waals surface area contributed by atoms with Crippen LogP contribution >= 0.6 is 0 Å².